The molecule has 1 aliphatic rings. The molecule has 0 aliphatic heterocycles. The number of rotatable bonds is 2. The molecule has 0 saturated heterocycles. The summed E-state index contributed by atoms with van der Waals surface area (Å²) in [5.41, 5.74) is 4.67. The van der Waals surface area contributed by atoms with Crippen LogP contribution in [0.2, 0.25) is 0 Å². The molecule has 1 aromatic carbocycles. The zero-order chi connectivity index (χ0) is 11.7. The normalized spacial score (nSPS) is 14.4. The van der Waals surface area contributed by atoms with Crippen molar-refractivity contribution in [2.45, 2.75) is 39.5 Å². The highest BCUT2D eigenvalue weighted by molar-refractivity contribution is 5.99. The zero-order valence-electron chi connectivity index (χ0n) is 10.2. The molecule has 0 aromatic heterocycles. The van der Waals surface area contributed by atoms with E-state index in [1.165, 1.54) is 29.5 Å². The van der Waals surface area contributed by atoms with E-state index in [1.807, 2.05) is 6.07 Å². The van der Waals surface area contributed by atoms with Crippen LogP contribution >= 0.6 is 0 Å². The molecule has 0 saturated carbocycles. The van der Waals surface area contributed by atoms with Gasteiger partial charge in [0.05, 0.1) is 12.7 Å². The molecule has 2 rings (SSSR count). The number of Topliss-reactive ketones (excluding diaryl/α,β-unsaturated/α-hetero) is 1. The first kappa shape index (κ1) is 11.2. The van der Waals surface area contributed by atoms with E-state index in [2.05, 4.69) is 6.92 Å². The minimum atomic E-state index is 0.120. The molecular formula is C14H18O2. The molecular weight excluding hydrogens is 200 g/mol. The van der Waals surface area contributed by atoms with Crippen LogP contribution in [0.1, 0.15) is 46.8 Å². The van der Waals surface area contributed by atoms with Crippen LogP contribution in [-0.2, 0) is 12.8 Å². The van der Waals surface area contributed by atoms with Gasteiger partial charge in [0.1, 0.15) is 5.75 Å². The Kier molecular flexibility index (Phi) is 2.99. The lowest BCUT2D eigenvalue weighted by atomic mass is 9.84. The van der Waals surface area contributed by atoms with Crippen molar-refractivity contribution < 1.29 is 9.53 Å². The van der Waals surface area contributed by atoms with Crippen molar-refractivity contribution in [3.63, 3.8) is 0 Å². The third kappa shape index (κ3) is 1.73. The summed E-state index contributed by atoms with van der Waals surface area (Å²) in [5.74, 6) is 0.862. The number of benzene rings is 1. The van der Waals surface area contributed by atoms with E-state index in [9.17, 15) is 4.79 Å². The SMILES string of the molecule is COc1cc(C)c2c(c1C(C)=O)CCCC2. The van der Waals surface area contributed by atoms with E-state index in [0.717, 1.165) is 24.2 Å². The molecule has 0 atom stereocenters. The zero-order valence-corrected chi connectivity index (χ0v) is 10.2. The maximum Gasteiger partial charge on any atom is 0.163 e. The Morgan fingerprint density at radius 2 is 1.88 bits per heavy atom. The topological polar surface area (TPSA) is 26.3 Å². The van der Waals surface area contributed by atoms with E-state index < -0.39 is 0 Å². The second-order valence-electron chi connectivity index (χ2n) is 4.49. The third-order valence-corrected chi connectivity index (χ3v) is 3.41. The number of hydrogen-bond acceptors (Lipinski definition) is 2. The van der Waals surface area contributed by atoms with Crippen molar-refractivity contribution in [3.05, 3.63) is 28.3 Å². The molecule has 0 N–H and O–H groups in total. The second-order valence-corrected chi connectivity index (χ2v) is 4.49. The molecule has 86 valence electrons. The number of carbonyl (C=O) groups is 1. The summed E-state index contributed by atoms with van der Waals surface area (Å²) in [6, 6.07) is 2.00. The molecule has 1 aromatic rings. The third-order valence-electron chi connectivity index (χ3n) is 3.41. The van der Waals surface area contributed by atoms with Crippen LogP contribution in [0.4, 0.5) is 0 Å². The summed E-state index contributed by atoms with van der Waals surface area (Å²) in [5, 5.41) is 0. The first-order valence-electron chi connectivity index (χ1n) is 5.85. The van der Waals surface area contributed by atoms with E-state index in [0.29, 0.717) is 0 Å². The Morgan fingerprint density at radius 1 is 1.25 bits per heavy atom. The van der Waals surface area contributed by atoms with Crippen LogP contribution in [0.25, 0.3) is 0 Å². The van der Waals surface area contributed by atoms with Crippen LogP contribution in [0, 0.1) is 6.92 Å². The molecule has 0 spiro atoms. The van der Waals surface area contributed by atoms with Gasteiger partial charge in [0.25, 0.3) is 0 Å². The number of methoxy groups -OCH3 is 1. The highest BCUT2D eigenvalue weighted by Gasteiger charge is 2.21. The van der Waals surface area contributed by atoms with Crippen molar-refractivity contribution >= 4 is 5.78 Å². The molecule has 0 amide bonds. The number of carbonyl (C=O) groups excluding carboxylic acids is 1. The molecule has 2 nitrogen and oxygen atoms in total. The number of ether oxygens (including phenoxy) is 1. The Morgan fingerprint density at radius 3 is 2.44 bits per heavy atom. The minimum absolute atomic E-state index is 0.120. The number of fused-ring (bicyclic) bond motifs is 1. The van der Waals surface area contributed by atoms with Gasteiger partial charge in [0.15, 0.2) is 5.78 Å². The molecule has 1 aliphatic carbocycles. The smallest absolute Gasteiger partial charge is 0.163 e. The fourth-order valence-corrected chi connectivity index (χ4v) is 2.67. The summed E-state index contributed by atoms with van der Waals surface area (Å²) in [4.78, 5) is 11.7. The maximum atomic E-state index is 11.7. The van der Waals surface area contributed by atoms with Crippen molar-refractivity contribution in [1.29, 1.82) is 0 Å². The average molecular weight is 218 g/mol. The molecule has 2 heteroatoms. The van der Waals surface area contributed by atoms with Crippen LogP contribution in [-0.4, -0.2) is 12.9 Å². The number of aryl methyl sites for hydroxylation is 1. The minimum Gasteiger partial charge on any atom is -0.496 e. The summed E-state index contributed by atoms with van der Waals surface area (Å²) in [6.07, 6.45) is 4.53. The standard InChI is InChI=1S/C14H18O2/c1-9-8-13(16-3)14(10(2)15)12-7-5-4-6-11(9)12/h8H,4-7H2,1-3H3. The van der Waals surface area contributed by atoms with Crippen LogP contribution in [0.15, 0.2) is 6.07 Å². The van der Waals surface area contributed by atoms with Crippen molar-refractivity contribution in [1.82, 2.24) is 0 Å². The van der Waals surface area contributed by atoms with Gasteiger partial charge in [0.2, 0.25) is 0 Å². The Bertz CT molecular complexity index is 433. The molecule has 16 heavy (non-hydrogen) atoms. The monoisotopic (exact) mass is 218 g/mol. The summed E-state index contributed by atoms with van der Waals surface area (Å²) < 4.78 is 5.33. The Hall–Kier alpha value is -1.31. The Balaban J connectivity index is 2.68. The van der Waals surface area contributed by atoms with Crippen molar-refractivity contribution in [3.8, 4) is 5.75 Å². The van der Waals surface area contributed by atoms with Crippen LogP contribution in [0.3, 0.4) is 0 Å². The summed E-state index contributed by atoms with van der Waals surface area (Å²) in [7, 11) is 1.64. The van der Waals surface area contributed by atoms with Gasteiger partial charge < -0.3 is 4.74 Å². The lowest BCUT2D eigenvalue weighted by Gasteiger charge is -2.22. The van der Waals surface area contributed by atoms with Crippen LogP contribution in [0.5, 0.6) is 5.75 Å². The quantitative estimate of drug-likeness (QED) is 0.713. The molecule has 0 radical (unpaired) electrons. The number of ketones is 1. The lowest BCUT2D eigenvalue weighted by molar-refractivity contribution is 0.101. The fourth-order valence-electron chi connectivity index (χ4n) is 2.67. The van der Waals surface area contributed by atoms with Crippen molar-refractivity contribution in [2.75, 3.05) is 7.11 Å². The summed E-state index contributed by atoms with van der Waals surface area (Å²) >= 11 is 0. The van der Waals surface area contributed by atoms with E-state index in [4.69, 9.17) is 4.74 Å². The highest BCUT2D eigenvalue weighted by atomic mass is 16.5. The van der Waals surface area contributed by atoms with Gasteiger partial charge in [-0.2, -0.15) is 0 Å². The van der Waals surface area contributed by atoms with Gasteiger partial charge in [-0.05, 0) is 62.3 Å². The molecule has 0 fully saturated rings. The number of hydrogen-bond donors (Lipinski definition) is 0. The molecule has 0 unspecified atom stereocenters. The van der Waals surface area contributed by atoms with Gasteiger partial charge >= 0.3 is 0 Å². The average Bonchev–Trinajstić information content (AvgIpc) is 2.28. The largest absolute Gasteiger partial charge is 0.496 e. The van der Waals surface area contributed by atoms with Gasteiger partial charge in [0, 0.05) is 0 Å². The van der Waals surface area contributed by atoms with Crippen molar-refractivity contribution in [2.24, 2.45) is 0 Å². The predicted molar refractivity (Wildman–Crippen MR) is 64.4 cm³/mol. The van der Waals surface area contributed by atoms with Gasteiger partial charge in [-0.25, -0.2) is 0 Å². The first-order valence-corrected chi connectivity index (χ1v) is 5.85. The highest BCUT2D eigenvalue weighted by Crippen LogP contribution is 2.33. The van der Waals surface area contributed by atoms with E-state index in [-0.39, 0.29) is 5.78 Å². The van der Waals surface area contributed by atoms with E-state index >= 15 is 0 Å². The second kappa shape index (κ2) is 4.28. The van der Waals surface area contributed by atoms with E-state index in [1.54, 1.807) is 14.0 Å². The summed E-state index contributed by atoms with van der Waals surface area (Å²) in [6.45, 7) is 3.73. The van der Waals surface area contributed by atoms with Crippen LogP contribution < -0.4 is 4.74 Å². The lowest BCUT2D eigenvalue weighted by Crippen LogP contribution is -2.12. The van der Waals surface area contributed by atoms with Gasteiger partial charge in [-0.15, -0.1) is 0 Å². The predicted octanol–water partition coefficient (Wildman–Crippen LogP) is 3.09. The van der Waals surface area contributed by atoms with Gasteiger partial charge in [-0.3, -0.25) is 4.79 Å². The van der Waals surface area contributed by atoms with Gasteiger partial charge in [-0.1, -0.05) is 0 Å². The first-order chi connectivity index (χ1) is 7.65. The molecule has 0 bridgehead atoms. The fraction of sp³-hybridized carbons (Fsp3) is 0.500. The Labute approximate surface area is 96.6 Å². The molecule has 0 heterocycles. The maximum absolute atomic E-state index is 11.7.